The summed E-state index contributed by atoms with van der Waals surface area (Å²) in [6.07, 6.45) is 0.754. The van der Waals surface area contributed by atoms with Crippen LogP contribution >= 0.6 is 22.7 Å². The van der Waals surface area contributed by atoms with Crippen molar-refractivity contribution in [3.05, 3.63) is 57.7 Å². The van der Waals surface area contributed by atoms with Crippen LogP contribution in [-0.2, 0) is 6.42 Å². The van der Waals surface area contributed by atoms with Crippen molar-refractivity contribution in [3.63, 3.8) is 0 Å². The maximum Gasteiger partial charge on any atom is 0.119 e. The molecule has 0 saturated heterocycles. The first-order chi connectivity index (χ1) is 10.8. The molecule has 0 fully saturated rings. The van der Waals surface area contributed by atoms with Crippen molar-refractivity contribution in [2.45, 2.75) is 19.4 Å². The molecule has 1 aromatic carbocycles. The first kappa shape index (κ1) is 15.2. The Morgan fingerprint density at radius 1 is 1.18 bits per heavy atom. The lowest BCUT2D eigenvalue weighted by molar-refractivity contribution is 0.340. The van der Waals surface area contributed by atoms with Crippen molar-refractivity contribution >= 4 is 22.7 Å². The minimum absolute atomic E-state index is 0.0435. The standard InChI is InChI=1S/C17H18N2OS2/c1-2-20-13-7-5-12(6-8-13)14(18)10-17-19-15(11-22-17)16-4-3-9-21-16/h3-9,11,14H,2,10,18H2,1H3. The highest BCUT2D eigenvalue weighted by Gasteiger charge is 2.11. The van der Waals surface area contributed by atoms with Gasteiger partial charge in [0, 0.05) is 17.8 Å². The third kappa shape index (κ3) is 3.55. The molecule has 3 aromatic rings. The Hall–Kier alpha value is -1.69. The second kappa shape index (κ2) is 7.05. The third-order valence-corrected chi connectivity index (χ3v) is 5.10. The minimum Gasteiger partial charge on any atom is -0.494 e. The van der Waals surface area contributed by atoms with Crippen LogP contribution in [-0.4, -0.2) is 11.6 Å². The first-order valence-electron chi connectivity index (χ1n) is 7.23. The summed E-state index contributed by atoms with van der Waals surface area (Å²) in [7, 11) is 0. The lowest BCUT2D eigenvalue weighted by Gasteiger charge is -2.11. The molecule has 0 bridgehead atoms. The molecule has 2 aromatic heterocycles. The molecule has 0 amide bonds. The number of nitrogens with zero attached hydrogens (tertiary/aromatic N) is 1. The van der Waals surface area contributed by atoms with E-state index in [0.717, 1.165) is 28.4 Å². The molecule has 5 heteroatoms. The summed E-state index contributed by atoms with van der Waals surface area (Å²) in [6, 6.07) is 12.1. The lowest BCUT2D eigenvalue weighted by atomic mass is 10.1. The van der Waals surface area contributed by atoms with Gasteiger partial charge in [0.2, 0.25) is 0 Å². The first-order valence-corrected chi connectivity index (χ1v) is 8.99. The third-order valence-electron chi connectivity index (χ3n) is 3.34. The van der Waals surface area contributed by atoms with Crippen LogP contribution in [0.1, 0.15) is 23.5 Å². The van der Waals surface area contributed by atoms with E-state index in [-0.39, 0.29) is 6.04 Å². The second-order valence-electron chi connectivity index (χ2n) is 4.92. The van der Waals surface area contributed by atoms with Crippen LogP contribution in [0.2, 0.25) is 0 Å². The summed E-state index contributed by atoms with van der Waals surface area (Å²) in [4.78, 5) is 5.90. The molecule has 114 valence electrons. The fourth-order valence-corrected chi connectivity index (χ4v) is 3.84. The highest BCUT2D eigenvalue weighted by molar-refractivity contribution is 7.14. The monoisotopic (exact) mass is 330 g/mol. The molecule has 0 radical (unpaired) electrons. The highest BCUT2D eigenvalue weighted by Crippen LogP contribution is 2.28. The van der Waals surface area contributed by atoms with Crippen LogP contribution in [0.25, 0.3) is 10.6 Å². The predicted molar refractivity (Wildman–Crippen MR) is 93.7 cm³/mol. The van der Waals surface area contributed by atoms with Gasteiger partial charge in [0.05, 0.1) is 22.2 Å². The van der Waals surface area contributed by atoms with Crippen LogP contribution < -0.4 is 10.5 Å². The number of thiophene rings is 1. The Labute approximate surface area is 138 Å². The molecule has 0 aliphatic rings. The topological polar surface area (TPSA) is 48.1 Å². The van der Waals surface area contributed by atoms with Crippen molar-refractivity contribution in [1.29, 1.82) is 0 Å². The van der Waals surface area contributed by atoms with E-state index in [4.69, 9.17) is 10.5 Å². The molecule has 0 aliphatic carbocycles. The zero-order chi connectivity index (χ0) is 15.4. The molecule has 1 atom stereocenters. The van der Waals surface area contributed by atoms with Gasteiger partial charge in [0.25, 0.3) is 0 Å². The van der Waals surface area contributed by atoms with E-state index >= 15 is 0 Å². The number of nitrogens with two attached hydrogens (primary N) is 1. The van der Waals surface area contributed by atoms with Crippen LogP contribution in [0.15, 0.2) is 47.2 Å². The molecule has 0 aliphatic heterocycles. The summed E-state index contributed by atoms with van der Waals surface area (Å²) >= 11 is 3.38. The number of hydrogen-bond donors (Lipinski definition) is 1. The molecule has 3 rings (SSSR count). The van der Waals surface area contributed by atoms with E-state index in [2.05, 4.69) is 21.8 Å². The molecular weight excluding hydrogens is 312 g/mol. The maximum atomic E-state index is 6.31. The van der Waals surface area contributed by atoms with Crippen LogP contribution in [0.3, 0.4) is 0 Å². The van der Waals surface area contributed by atoms with Gasteiger partial charge in [-0.3, -0.25) is 0 Å². The van der Waals surface area contributed by atoms with Crippen molar-refractivity contribution in [3.8, 4) is 16.3 Å². The smallest absolute Gasteiger partial charge is 0.119 e. The molecule has 3 nitrogen and oxygen atoms in total. The molecule has 22 heavy (non-hydrogen) atoms. The summed E-state index contributed by atoms with van der Waals surface area (Å²) < 4.78 is 5.45. The van der Waals surface area contributed by atoms with E-state index < -0.39 is 0 Å². The quantitative estimate of drug-likeness (QED) is 0.723. The lowest BCUT2D eigenvalue weighted by Crippen LogP contribution is -2.13. The number of ether oxygens (including phenoxy) is 1. The van der Waals surface area contributed by atoms with Gasteiger partial charge in [-0.05, 0) is 36.1 Å². The van der Waals surface area contributed by atoms with E-state index in [0.29, 0.717) is 6.61 Å². The Balaban J connectivity index is 1.67. The van der Waals surface area contributed by atoms with Gasteiger partial charge < -0.3 is 10.5 Å². The minimum atomic E-state index is -0.0435. The van der Waals surface area contributed by atoms with Crippen LogP contribution in [0, 0.1) is 0 Å². The molecule has 2 N–H and O–H groups in total. The van der Waals surface area contributed by atoms with Crippen LogP contribution in [0.5, 0.6) is 5.75 Å². The molecule has 2 heterocycles. The van der Waals surface area contributed by atoms with Crippen molar-refractivity contribution in [1.82, 2.24) is 4.98 Å². The van der Waals surface area contributed by atoms with Gasteiger partial charge >= 0.3 is 0 Å². The summed E-state index contributed by atoms with van der Waals surface area (Å²) in [6.45, 7) is 2.66. The summed E-state index contributed by atoms with van der Waals surface area (Å²) in [5.41, 5.74) is 8.47. The van der Waals surface area contributed by atoms with Gasteiger partial charge in [0.15, 0.2) is 0 Å². The van der Waals surface area contributed by atoms with Gasteiger partial charge in [0.1, 0.15) is 5.75 Å². The van der Waals surface area contributed by atoms with Crippen molar-refractivity contribution in [2.24, 2.45) is 5.73 Å². The van der Waals surface area contributed by atoms with Crippen molar-refractivity contribution in [2.75, 3.05) is 6.61 Å². The molecule has 0 spiro atoms. The fraction of sp³-hybridized carbons (Fsp3) is 0.235. The zero-order valence-electron chi connectivity index (χ0n) is 12.4. The normalized spacial score (nSPS) is 12.3. The van der Waals surface area contributed by atoms with Crippen LogP contribution in [0.4, 0.5) is 0 Å². The summed E-state index contributed by atoms with van der Waals surface area (Å²) in [5.74, 6) is 0.882. The number of aromatic nitrogens is 1. The SMILES string of the molecule is CCOc1ccc(C(N)Cc2nc(-c3cccs3)cs2)cc1. The zero-order valence-corrected chi connectivity index (χ0v) is 14.0. The average Bonchev–Trinajstić information content (AvgIpc) is 3.19. The highest BCUT2D eigenvalue weighted by atomic mass is 32.1. The molecule has 1 unspecified atom stereocenters. The van der Waals surface area contributed by atoms with Gasteiger partial charge in [-0.25, -0.2) is 4.98 Å². The maximum absolute atomic E-state index is 6.31. The summed E-state index contributed by atoms with van der Waals surface area (Å²) in [5, 5.41) is 5.25. The predicted octanol–water partition coefficient (Wildman–Crippen LogP) is 4.51. The van der Waals surface area contributed by atoms with Gasteiger partial charge in [-0.2, -0.15) is 0 Å². The number of rotatable bonds is 6. The van der Waals surface area contributed by atoms with Gasteiger partial charge in [-0.15, -0.1) is 22.7 Å². The average molecular weight is 330 g/mol. The van der Waals surface area contributed by atoms with E-state index in [1.54, 1.807) is 22.7 Å². The number of hydrogen-bond acceptors (Lipinski definition) is 5. The Bertz CT molecular complexity index is 705. The molecule has 0 saturated carbocycles. The molecular formula is C17H18N2OS2. The van der Waals surface area contributed by atoms with E-state index in [1.807, 2.05) is 37.3 Å². The number of thiazole rings is 1. The number of benzene rings is 1. The Morgan fingerprint density at radius 2 is 2.00 bits per heavy atom. The Morgan fingerprint density at radius 3 is 2.68 bits per heavy atom. The fourth-order valence-electron chi connectivity index (χ4n) is 2.23. The largest absolute Gasteiger partial charge is 0.494 e. The second-order valence-corrected chi connectivity index (χ2v) is 6.81. The Kier molecular flexibility index (Phi) is 4.87. The van der Waals surface area contributed by atoms with Crippen molar-refractivity contribution < 1.29 is 4.74 Å². The van der Waals surface area contributed by atoms with E-state index in [1.165, 1.54) is 4.88 Å². The van der Waals surface area contributed by atoms with Gasteiger partial charge in [-0.1, -0.05) is 18.2 Å². The van der Waals surface area contributed by atoms with E-state index in [9.17, 15) is 0 Å².